The zero-order valence-corrected chi connectivity index (χ0v) is 5.50. The number of esters is 1. The SMILES string of the molecule is COC(=O)C1=NCC=NN1. The van der Waals surface area contributed by atoms with Crippen molar-refractivity contribution in [3.63, 3.8) is 0 Å². The summed E-state index contributed by atoms with van der Waals surface area (Å²) in [4.78, 5) is 14.5. The number of nitrogens with one attached hydrogen (secondary N) is 1. The Balaban J connectivity index is 2.56. The standard InChI is InChI=1S/C5H7N3O2/c1-10-5(9)4-6-2-3-7-8-4/h3H,2H2,1H3,(H,6,8). The Bertz CT molecular complexity index is 197. The lowest BCUT2D eigenvalue weighted by Gasteiger charge is -2.04. The van der Waals surface area contributed by atoms with E-state index in [9.17, 15) is 4.79 Å². The molecule has 1 heterocycles. The predicted octanol–water partition coefficient (Wildman–Crippen LogP) is -0.853. The highest BCUT2D eigenvalue weighted by Gasteiger charge is 2.10. The smallest absolute Gasteiger partial charge is 0.375 e. The molecule has 0 aromatic heterocycles. The molecule has 0 unspecified atom stereocenters. The summed E-state index contributed by atoms with van der Waals surface area (Å²) in [6.07, 6.45) is 1.56. The third-order valence-electron chi connectivity index (χ3n) is 0.972. The Morgan fingerprint density at radius 1 is 1.90 bits per heavy atom. The van der Waals surface area contributed by atoms with Gasteiger partial charge in [0.2, 0.25) is 5.84 Å². The molecule has 1 aliphatic rings. The fourth-order valence-electron chi connectivity index (χ4n) is 0.522. The molecule has 0 saturated carbocycles. The fraction of sp³-hybridized carbons (Fsp3) is 0.400. The van der Waals surface area contributed by atoms with Crippen LogP contribution in [0.25, 0.3) is 0 Å². The van der Waals surface area contributed by atoms with Gasteiger partial charge in [-0.05, 0) is 0 Å². The van der Waals surface area contributed by atoms with E-state index >= 15 is 0 Å². The van der Waals surface area contributed by atoms with Gasteiger partial charge in [-0.25, -0.2) is 4.79 Å². The highest BCUT2D eigenvalue weighted by atomic mass is 16.5. The minimum atomic E-state index is -0.489. The molecule has 0 radical (unpaired) electrons. The Labute approximate surface area is 57.8 Å². The molecule has 0 spiro atoms. The first-order chi connectivity index (χ1) is 4.84. The topological polar surface area (TPSA) is 63.0 Å². The largest absolute Gasteiger partial charge is 0.463 e. The lowest BCUT2D eigenvalue weighted by atomic mass is 10.5. The summed E-state index contributed by atoms with van der Waals surface area (Å²) < 4.78 is 4.38. The van der Waals surface area contributed by atoms with E-state index in [4.69, 9.17) is 0 Å². The van der Waals surface area contributed by atoms with Crippen LogP contribution in [0.5, 0.6) is 0 Å². The van der Waals surface area contributed by atoms with Crippen molar-refractivity contribution in [2.75, 3.05) is 13.7 Å². The van der Waals surface area contributed by atoms with Gasteiger partial charge in [0.05, 0.1) is 13.7 Å². The van der Waals surface area contributed by atoms with Crippen LogP contribution in [0.2, 0.25) is 0 Å². The van der Waals surface area contributed by atoms with Gasteiger partial charge in [0.1, 0.15) is 0 Å². The Morgan fingerprint density at radius 2 is 2.70 bits per heavy atom. The van der Waals surface area contributed by atoms with Crippen molar-refractivity contribution >= 4 is 18.0 Å². The van der Waals surface area contributed by atoms with Crippen molar-refractivity contribution in [3.8, 4) is 0 Å². The molecule has 0 bridgehead atoms. The van der Waals surface area contributed by atoms with Gasteiger partial charge >= 0.3 is 5.97 Å². The van der Waals surface area contributed by atoms with E-state index in [-0.39, 0.29) is 5.84 Å². The molecule has 0 atom stereocenters. The molecule has 1 N–H and O–H groups in total. The fourth-order valence-corrected chi connectivity index (χ4v) is 0.522. The molecule has 0 amide bonds. The Kier molecular flexibility index (Phi) is 1.99. The number of methoxy groups -OCH3 is 1. The lowest BCUT2D eigenvalue weighted by Crippen LogP contribution is -2.31. The number of carbonyl (C=O) groups is 1. The summed E-state index contributed by atoms with van der Waals surface area (Å²) in [5.41, 5.74) is 2.41. The molecular weight excluding hydrogens is 134 g/mol. The third-order valence-corrected chi connectivity index (χ3v) is 0.972. The van der Waals surface area contributed by atoms with E-state index in [2.05, 4.69) is 20.3 Å². The van der Waals surface area contributed by atoms with Crippen LogP contribution in [0, 0.1) is 0 Å². The number of aliphatic imine (C=N–C) groups is 1. The number of ether oxygens (including phenoxy) is 1. The minimum absolute atomic E-state index is 0.157. The second-order valence-corrected chi connectivity index (χ2v) is 1.60. The average Bonchev–Trinajstić information content (AvgIpc) is 2.05. The maximum Gasteiger partial charge on any atom is 0.375 e. The first kappa shape index (κ1) is 6.73. The van der Waals surface area contributed by atoms with E-state index in [0.717, 1.165) is 0 Å². The molecule has 5 nitrogen and oxygen atoms in total. The number of rotatable bonds is 1. The van der Waals surface area contributed by atoms with Gasteiger partial charge < -0.3 is 4.74 Å². The van der Waals surface area contributed by atoms with E-state index in [0.29, 0.717) is 6.54 Å². The molecule has 54 valence electrons. The van der Waals surface area contributed by atoms with Gasteiger partial charge in [0.25, 0.3) is 0 Å². The Morgan fingerprint density at radius 3 is 3.20 bits per heavy atom. The van der Waals surface area contributed by atoms with Crippen LogP contribution in [-0.2, 0) is 9.53 Å². The molecule has 0 aromatic rings. The first-order valence-electron chi connectivity index (χ1n) is 2.75. The lowest BCUT2D eigenvalue weighted by molar-refractivity contribution is -0.133. The van der Waals surface area contributed by atoms with Crippen molar-refractivity contribution in [2.45, 2.75) is 0 Å². The number of hydrogen-bond acceptors (Lipinski definition) is 5. The number of hydrazone groups is 1. The monoisotopic (exact) mass is 141 g/mol. The molecule has 0 aromatic carbocycles. The number of nitrogens with zero attached hydrogens (tertiary/aromatic N) is 2. The van der Waals surface area contributed by atoms with Crippen molar-refractivity contribution in [3.05, 3.63) is 0 Å². The Hall–Kier alpha value is -1.39. The third kappa shape index (κ3) is 1.31. The quantitative estimate of drug-likeness (QED) is 0.483. The number of amidine groups is 1. The summed E-state index contributed by atoms with van der Waals surface area (Å²) in [5.74, 6) is -0.332. The predicted molar refractivity (Wildman–Crippen MR) is 35.9 cm³/mol. The number of hydrogen-bond donors (Lipinski definition) is 1. The van der Waals surface area contributed by atoms with Crippen LogP contribution in [0.3, 0.4) is 0 Å². The molecule has 1 aliphatic heterocycles. The normalized spacial score (nSPS) is 15.5. The van der Waals surface area contributed by atoms with Crippen molar-refractivity contribution in [2.24, 2.45) is 10.1 Å². The molecule has 0 saturated heterocycles. The first-order valence-corrected chi connectivity index (χ1v) is 2.75. The van der Waals surface area contributed by atoms with Gasteiger partial charge in [-0.15, -0.1) is 0 Å². The van der Waals surface area contributed by atoms with E-state index in [1.807, 2.05) is 0 Å². The van der Waals surface area contributed by atoms with E-state index in [1.165, 1.54) is 7.11 Å². The highest BCUT2D eigenvalue weighted by molar-refractivity contribution is 6.35. The summed E-state index contributed by atoms with van der Waals surface area (Å²) in [6.45, 7) is 0.428. The van der Waals surface area contributed by atoms with Crippen molar-refractivity contribution < 1.29 is 9.53 Å². The van der Waals surface area contributed by atoms with Gasteiger partial charge in [-0.1, -0.05) is 0 Å². The second kappa shape index (κ2) is 2.95. The molecule has 1 rings (SSSR count). The highest BCUT2D eigenvalue weighted by Crippen LogP contribution is 1.83. The van der Waals surface area contributed by atoms with Crippen LogP contribution < -0.4 is 5.43 Å². The minimum Gasteiger partial charge on any atom is -0.463 e. The molecule has 5 heteroatoms. The summed E-state index contributed by atoms with van der Waals surface area (Å²) in [5, 5.41) is 3.62. The van der Waals surface area contributed by atoms with Crippen LogP contribution in [0.1, 0.15) is 0 Å². The van der Waals surface area contributed by atoms with Crippen molar-refractivity contribution in [1.82, 2.24) is 5.43 Å². The summed E-state index contributed by atoms with van der Waals surface area (Å²) in [6, 6.07) is 0. The van der Waals surface area contributed by atoms with Gasteiger partial charge in [0, 0.05) is 6.21 Å². The van der Waals surface area contributed by atoms with Crippen LogP contribution in [0.15, 0.2) is 10.1 Å². The van der Waals surface area contributed by atoms with Crippen LogP contribution in [0.4, 0.5) is 0 Å². The van der Waals surface area contributed by atoms with Gasteiger partial charge in [-0.2, -0.15) is 5.10 Å². The van der Waals surface area contributed by atoms with Crippen LogP contribution >= 0.6 is 0 Å². The maximum atomic E-state index is 10.7. The molecule has 0 fully saturated rings. The maximum absolute atomic E-state index is 10.7. The average molecular weight is 141 g/mol. The summed E-state index contributed by atoms with van der Waals surface area (Å²) >= 11 is 0. The van der Waals surface area contributed by atoms with E-state index in [1.54, 1.807) is 6.21 Å². The molecule has 10 heavy (non-hydrogen) atoms. The molecular formula is C5H7N3O2. The van der Waals surface area contributed by atoms with E-state index < -0.39 is 5.97 Å². The molecule has 0 aliphatic carbocycles. The zero-order valence-electron chi connectivity index (χ0n) is 5.50. The van der Waals surface area contributed by atoms with Gasteiger partial charge in [-0.3, -0.25) is 10.4 Å². The second-order valence-electron chi connectivity index (χ2n) is 1.60. The number of carbonyl (C=O) groups excluding carboxylic acids is 1. The zero-order chi connectivity index (χ0) is 7.40. The van der Waals surface area contributed by atoms with Crippen LogP contribution in [-0.4, -0.2) is 31.7 Å². The van der Waals surface area contributed by atoms with Gasteiger partial charge in [0.15, 0.2) is 0 Å². The van der Waals surface area contributed by atoms with Crippen molar-refractivity contribution in [1.29, 1.82) is 0 Å². The summed E-state index contributed by atoms with van der Waals surface area (Å²) in [7, 11) is 1.30.